The van der Waals surface area contributed by atoms with Gasteiger partial charge in [-0.2, -0.15) is 5.26 Å². The molecular formula is C4H8N2O. The molecule has 0 unspecified atom stereocenters. The van der Waals surface area contributed by atoms with Gasteiger partial charge in [0, 0.05) is 0 Å². The quantitative estimate of drug-likeness (QED) is 0.454. The Morgan fingerprint density at radius 2 is 2.43 bits per heavy atom. The molecule has 0 saturated heterocycles. The number of aliphatic hydroxyl groups is 1. The van der Waals surface area contributed by atoms with Gasteiger partial charge in [0.2, 0.25) is 0 Å². The van der Waals surface area contributed by atoms with Gasteiger partial charge >= 0.3 is 0 Å². The molecule has 0 aliphatic rings. The van der Waals surface area contributed by atoms with E-state index < -0.39 is 5.54 Å². The van der Waals surface area contributed by atoms with Crippen LogP contribution in [0.5, 0.6) is 0 Å². The van der Waals surface area contributed by atoms with E-state index in [0.717, 1.165) is 0 Å². The summed E-state index contributed by atoms with van der Waals surface area (Å²) in [6.45, 7) is 1.18. The Balaban J connectivity index is 3.66. The van der Waals surface area contributed by atoms with E-state index in [1.54, 1.807) is 6.07 Å². The number of hydrogen-bond donors (Lipinski definition) is 2. The number of aliphatic hydroxyl groups excluding tert-OH is 1. The molecule has 7 heavy (non-hydrogen) atoms. The third-order valence-electron chi connectivity index (χ3n) is 0.584. The Hall–Kier alpha value is -0.590. The van der Waals surface area contributed by atoms with Gasteiger partial charge < -0.3 is 10.8 Å². The Bertz CT molecular complexity index is 92.4. The average Bonchev–Trinajstić information content (AvgIpc) is 1.68. The summed E-state index contributed by atoms with van der Waals surface area (Å²) < 4.78 is 0. The van der Waals surface area contributed by atoms with E-state index in [4.69, 9.17) is 16.1 Å². The lowest BCUT2D eigenvalue weighted by Crippen LogP contribution is -2.37. The number of nitrogens with two attached hydrogens (primary N) is 1. The third kappa shape index (κ3) is 2.15. The summed E-state index contributed by atoms with van der Waals surface area (Å²) >= 11 is 0. The van der Waals surface area contributed by atoms with Gasteiger partial charge in [0.15, 0.2) is 0 Å². The minimum atomic E-state index is -1.06. The van der Waals surface area contributed by atoms with Crippen LogP contribution < -0.4 is 5.73 Å². The molecule has 0 bridgehead atoms. The Kier molecular flexibility index (Phi) is 1.75. The molecule has 0 spiro atoms. The molecule has 3 nitrogen and oxygen atoms in total. The number of hydrogen-bond acceptors (Lipinski definition) is 3. The molecule has 0 rings (SSSR count). The van der Waals surface area contributed by atoms with E-state index in [9.17, 15) is 0 Å². The van der Waals surface area contributed by atoms with Crippen LogP contribution in [-0.4, -0.2) is 17.3 Å². The zero-order chi connectivity index (χ0) is 5.91. The molecule has 0 saturated carbocycles. The van der Waals surface area contributed by atoms with E-state index >= 15 is 0 Å². The molecular weight excluding hydrogens is 92.1 g/mol. The van der Waals surface area contributed by atoms with Crippen LogP contribution in [0.15, 0.2) is 0 Å². The van der Waals surface area contributed by atoms with Gasteiger partial charge in [-0.1, -0.05) is 0 Å². The van der Waals surface area contributed by atoms with Crippen molar-refractivity contribution in [1.82, 2.24) is 0 Å². The lowest BCUT2D eigenvalue weighted by atomic mass is 10.1. The summed E-state index contributed by atoms with van der Waals surface area (Å²) in [4.78, 5) is 0. The second-order valence-corrected chi connectivity index (χ2v) is 1.69. The molecule has 0 aromatic carbocycles. The lowest BCUT2D eigenvalue weighted by Gasteiger charge is -2.08. The van der Waals surface area contributed by atoms with Crippen LogP contribution in [0.2, 0.25) is 0 Å². The second kappa shape index (κ2) is 1.92. The summed E-state index contributed by atoms with van der Waals surface area (Å²) in [7, 11) is 0. The summed E-state index contributed by atoms with van der Waals surface area (Å²) in [5, 5.41) is 16.3. The molecule has 40 valence electrons. The molecule has 3 N–H and O–H groups in total. The van der Waals surface area contributed by atoms with Crippen LogP contribution in [0.25, 0.3) is 0 Å². The normalized spacial score (nSPS) is 17.4. The fourth-order valence-corrected chi connectivity index (χ4v) is 0.0354. The summed E-state index contributed by atoms with van der Waals surface area (Å²) in [5.41, 5.74) is 4.05. The summed E-state index contributed by atoms with van der Waals surface area (Å²) in [6, 6.07) is 1.72. The van der Waals surface area contributed by atoms with Crippen LogP contribution >= 0.6 is 0 Å². The molecule has 0 heterocycles. The van der Waals surface area contributed by atoms with Crippen LogP contribution in [0, 0.1) is 11.3 Å². The molecule has 1 atom stereocenters. The standard InChI is InChI=1S/C4H8N2O/c1-4(6,2-5)3-7/h7H,3,6H2,1H3/t4-/m1/s1. The molecule has 0 amide bonds. The first kappa shape index (κ1) is 6.41. The van der Waals surface area contributed by atoms with E-state index in [-0.39, 0.29) is 6.61 Å². The fraction of sp³-hybridized carbons (Fsp3) is 0.750. The third-order valence-corrected chi connectivity index (χ3v) is 0.584. The van der Waals surface area contributed by atoms with Crippen molar-refractivity contribution in [3.8, 4) is 6.07 Å². The highest BCUT2D eigenvalue weighted by Gasteiger charge is 2.13. The largest absolute Gasteiger partial charge is 0.393 e. The van der Waals surface area contributed by atoms with Gasteiger partial charge in [0.05, 0.1) is 12.7 Å². The minimum Gasteiger partial charge on any atom is -0.393 e. The minimum absolute atomic E-state index is 0.288. The monoisotopic (exact) mass is 100 g/mol. The maximum Gasteiger partial charge on any atom is 0.124 e. The SMILES string of the molecule is C[C@@](N)(C#N)CO. The highest BCUT2D eigenvalue weighted by atomic mass is 16.3. The maximum absolute atomic E-state index is 8.25. The zero-order valence-corrected chi connectivity index (χ0v) is 4.18. The van der Waals surface area contributed by atoms with Crippen molar-refractivity contribution in [2.45, 2.75) is 12.5 Å². The van der Waals surface area contributed by atoms with Gasteiger partial charge in [-0.25, -0.2) is 0 Å². The van der Waals surface area contributed by atoms with Gasteiger partial charge in [-0.05, 0) is 6.92 Å². The van der Waals surface area contributed by atoms with Gasteiger partial charge in [-0.15, -0.1) is 0 Å². The van der Waals surface area contributed by atoms with Crippen molar-refractivity contribution in [1.29, 1.82) is 5.26 Å². The van der Waals surface area contributed by atoms with Gasteiger partial charge in [-0.3, -0.25) is 0 Å². The van der Waals surface area contributed by atoms with Crippen LogP contribution in [-0.2, 0) is 0 Å². The molecule has 0 aliphatic carbocycles. The van der Waals surface area contributed by atoms with Crippen molar-refractivity contribution >= 4 is 0 Å². The van der Waals surface area contributed by atoms with Gasteiger partial charge in [0.25, 0.3) is 0 Å². The predicted molar refractivity (Wildman–Crippen MR) is 25.3 cm³/mol. The van der Waals surface area contributed by atoms with Crippen molar-refractivity contribution < 1.29 is 5.11 Å². The zero-order valence-electron chi connectivity index (χ0n) is 4.18. The highest BCUT2D eigenvalue weighted by Crippen LogP contribution is 1.90. The molecule has 0 radical (unpaired) electrons. The Morgan fingerprint density at radius 1 is 2.00 bits per heavy atom. The number of nitrogens with zero attached hydrogens (tertiary/aromatic N) is 1. The van der Waals surface area contributed by atoms with Crippen molar-refractivity contribution in [3.05, 3.63) is 0 Å². The van der Waals surface area contributed by atoms with Crippen LogP contribution in [0.1, 0.15) is 6.92 Å². The van der Waals surface area contributed by atoms with Crippen molar-refractivity contribution in [2.24, 2.45) is 5.73 Å². The highest BCUT2D eigenvalue weighted by molar-refractivity contribution is 5.00. The first-order valence-corrected chi connectivity index (χ1v) is 1.93. The van der Waals surface area contributed by atoms with Crippen LogP contribution in [0.4, 0.5) is 0 Å². The van der Waals surface area contributed by atoms with E-state index in [0.29, 0.717) is 0 Å². The van der Waals surface area contributed by atoms with Crippen molar-refractivity contribution in [2.75, 3.05) is 6.61 Å². The molecule has 3 heteroatoms. The van der Waals surface area contributed by atoms with Crippen LogP contribution in [0.3, 0.4) is 0 Å². The Morgan fingerprint density at radius 3 is 2.43 bits per heavy atom. The second-order valence-electron chi connectivity index (χ2n) is 1.69. The number of nitriles is 1. The van der Waals surface area contributed by atoms with E-state index in [1.165, 1.54) is 6.92 Å². The topological polar surface area (TPSA) is 70.0 Å². The fourth-order valence-electron chi connectivity index (χ4n) is 0.0354. The first-order chi connectivity index (χ1) is 3.12. The lowest BCUT2D eigenvalue weighted by molar-refractivity contribution is 0.242. The molecule has 0 aromatic rings. The summed E-state index contributed by atoms with van der Waals surface area (Å²) in [5.74, 6) is 0. The predicted octanol–water partition coefficient (Wildman–Crippen LogP) is -0.780. The van der Waals surface area contributed by atoms with E-state index in [2.05, 4.69) is 0 Å². The molecule has 0 aromatic heterocycles. The van der Waals surface area contributed by atoms with Crippen molar-refractivity contribution in [3.63, 3.8) is 0 Å². The molecule has 0 fully saturated rings. The first-order valence-electron chi connectivity index (χ1n) is 1.93. The Labute approximate surface area is 42.4 Å². The maximum atomic E-state index is 8.25. The van der Waals surface area contributed by atoms with Gasteiger partial charge in [0.1, 0.15) is 5.54 Å². The average molecular weight is 100 g/mol. The smallest absolute Gasteiger partial charge is 0.124 e. The number of rotatable bonds is 1. The summed E-state index contributed by atoms with van der Waals surface area (Å²) in [6.07, 6.45) is 0. The molecule has 0 aliphatic heterocycles. The van der Waals surface area contributed by atoms with E-state index in [1.807, 2.05) is 0 Å².